The van der Waals surface area contributed by atoms with Gasteiger partial charge in [-0.1, -0.05) is 29.8 Å². The van der Waals surface area contributed by atoms with E-state index in [2.05, 4.69) is 0 Å². The van der Waals surface area contributed by atoms with Crippen molar-refractivity contribution in [2.24, 2.45) is 0 Å². The molecule has 0 spiro atoms. The minimum atomic E-state index is -0.407. The van der Waals surface area contributed by atoms with Crippen LogP contribution in [-0.2, 0) is 11.2 Å². The Morgan fingerprint density at radius 3 is 2.25 bits per heavy atom. The first-order chi connectivity index (χ1) is 9.52. The molecule has 0 amide bonds. The number of phenols is 2. The first-order valence-electron chi connectivity index (χ1n) is 6.32. The average molecular weight is 272 g/mol. The molecular weight excluding hydrogens is 256 g/mol. The summed E-state index contributed by atoms with van der Waals surface area (Å²) < 4.78 is 5.06. The maximum atomic E-state index is 11.7. The molecule has 2 aromatic rings. The van der Waals surface area contributed by atoms with Crippen LogP contribution in [-0.4, -0.2) is 16.2 Å². The zero-order valence-corrected chi connectivity index (χ0v) is 11.2. The summed E-state index contributed by atoms with van der Waals surface area (Å²) in [7, 11) is 0. The van der Waals surface area contributed by atoms with Gasteiger partial charge < -0.3 is 14.9 Å². The van der Waals surface area contributed by atoms with Gasteiger partial charge in [-0.25, -0.2) is 0 Å². The molecule has 20 heavy (non-hydrogen) atoms. The van der Waals surface area contributed by atoms with Crippen molar-refractivity contribution in [3.05, 3.63) is 53.6 Å². The molecule has 0 fully saturated rings. The molecule has 104 valence electrons. The van der Waals surface area contributed by atoms with Gasteiger partial charge in [-0.3, -0.25) is 4.79 Å². The van der Waals surface area contributed by atoms with Gasteiger partial charge in [-0.15, -0.1) is 0 Å². The molecule has 0 aliphatic heterocycles. The molecule has 0 aliphatic rings. The summed E-state index contributed by atoms with van der Waals surface area (Å²) in [5.74, 6) is -0.565. The van der Waals surface area contributed by atoms with Crippen LogP contribution in [0.2, 0.25) is 0 Å². The molecule has 0 aliphatic carbocycles. The van der Waals surface area contributed by atoms with E-state index in [9.17, 15) is 15.0 Å². The molecule has 0 unspecified atom stereocenters. The van der Waals surface area contributed by atoms with Crippen LogP contribution in [0.15, 0.2) is 42.5 Å². The molecule has 0 saturated heterocycles. The third-order valence-electron chi connectivity index (χ3n) is 2.85. The van der Waals surface area contributed by atoms with E-state index in [1.165, 1.54) is 23.8 Å². The van der Waals surface area contributed by atoms with Crippen LogP contribution < -0.4 is 4.74 Å². The van der Waals surface area contributed by atoms with Crippen molar-refractivity contribution in [2.75, 3.05) is 0 Å². The number of hydrogen-bond acceptors (Lipinski definition) is 4. The third-order valence-corrected chi connectivity index (χ3v) is 2.85. The highest BCUT2D eigenvalue weighted by molar-refractivity contribution is 5.73. The van der Waals surface area contributed by atoms with Crippen LogP contribution in [0.25, 0.3) is 0 Å². The fourth-order valence-corrected chi connectivity index (χ4v) is 1.81. The summed E-state index contributed by atoms with van der Waals surface area (Å²) in [4.78, 5) is 11.7. The van der Waals surface area contributed by atoms with E-state index in [0.29, 0.717) is 6.42 Å². The van der Waals surface area contributed by atoms with Crippen LogP contribution in [0.5, 0.6) is 17.2 Å². The van der Waals surface area contributed by atoms with E-state index >= 15 is 0 Å². The first-order valence-corrected chi connectivity index (χ1v) is 6.32. The number of carbonyl (C=O) groups is 1. The lowest BCUT2D eigenvalue weighted by Crippen LogP contribution is -2.08. The van der Waals surface area contributed by atoms with Crippen molar-refractivity contribution < 1.29 is 19.7 Å². The second kappa shape index (κ2) is 6.10. The van der Waals surface area contributed by atoms with Gasteiger partial charge in [0.05, 0.1) is 0 Å². The number of carbonyl (C=O) groups excluding carboxylic acids is 1. The van der Waals surface area contributed by atoms with Crippen LogP contribution in [0.4, 0.5) is 0 Å². The van der Waals surface area contributed by atoms with Gasteiger partial charge in [0.15, 0.2) is 0 Å². The molecule has 2 aromatic carbocycles. The molecular formula is C16H16O4. The third kappa shape index (κ3) is 4.02. The quantitative estimate of drug-likeness (QED) is 0.663. The SMILES string of the molecule is Cc1ccc(CCC(=O)Oc2cc(O)cc(O)c2)cc1. The molecule has 4 nitrogen and oxygen atoms in total. The highest BCUT2D eigenvalue weighted by Crippen LogP contribution is 2.26. The normalized spacial score (nSPS) is 10.2. The van der Waals surface area contributed by atoms with Gasteiger partial charge in [0.1, 0.15) is 17.2 Å². The van der Waals surface area contributed by atoms with E-state index in [1.807, 2.05) is 31.2 Å². The van der Waals surface area contributed by atoms with Crippen LogP contribution in [0.1, 0.15) is 17.5 Å². The molecule has 2 N–H and O–H groups in total. The second-order valence-electron chi connectivity index (χ2n) is 4.64. The standard InChI is InChI=1S/C16H16O4/c1-11-2-4-12(5-3-11)6-7-16(19)20-15-9-13(17)8-14(18)10-15/h2-5,8-10,17-18H,6-7H2,1H3. The first kappa shape index (κ1) is 13.9. The fraction of sp³-hybridized carbons (Fsp3) is 0.188. The van der Waals surface area contributed by atoms with Crippen molar-refractivity contribution in [3.8, 4) is 17.2 Å². The van der Waals surface area contributed by atoms with Gasteiger partial charge in [0.25, 0.3) is 0 Å². The summed E-state index contributed by atoms with van der Waals surface area (Å²) in [6.45, 7) is 2.01. The number of esters is 1. The van der Waals surface area contributed by atoms with Crippen molar-refractivity contribution in [2.45, 2.75) is 19.8 Å². The lowest BCUT2D eigenvalue weighted by Gasteiger charge is -2.06. The largest absolute Gasteiger partial charge is 0.508 e. The summed E-state index contributed by atoms with van der Waals surface area (Å²) in [6.07, 6.45) is 0.823. The van der Waals surface area contributed by atoms with E-state index in [4.69, 9.17) is 4.74 Å². The summed E-state index contributed by atoms with van der Waals surface area (Å²) in [5.41, 5.74) is 2.23. The van der Waals surface area contributed by atoms with Crippen LogP contribution in [0, 0.1) is 6.92 Å². The Kier molecular flexibility index (Phi) is 4.25. The summed E-state index contributed by atoms with van der Waals surface area (Å²) in [6, 6.07) is 11.7. The predicted octanol–water partition coefficient (Wildman–Crippen LogP) is 2.94. The number of benzene rings is 2. The Morgan fingerprint density at radius 1 is 1.05 bits per heavy atom. The maximum Gasteiger partial charge on any atom is 0.311 e. The highest BCUT2D eigenvalue weighted by Gasteiger charge is 2.07. The zero-order chi connectivity index (χ0) is 14.5. The highest BCUT2D eigenvalue weighted by atomic mass is 16.5. The molecule has 0 atom stereocenters. The van der Waals surface area contributed by atoms with Gasteiger partial charge in [-0.2, -0.15) is 0 Å². The molecule has 0 saturated carbocycles. The fourth-order valence-electron chi connectivity index (χ4n) is 1.81. The number of aromatic hydroxyl groups is 2. The van der Waals surface area contributed by atoms with E-state index < -0.39 is 5.97 Å². The Balaban J connectivity index is 1.90. The van der Waals surface area contributed by atoms with Crippen molar-refractivity contribution in [3.63, 3.8) is 0 Å². The van der Waals surface area contributed by atoms with E-state index in [1.54, 1.807) is 0 Å². The monoisotopic (exact) mass is 272 g/mol. The molecule has 0 aromatic heterocycles. The van der Waals surface area contributed by atoms with Gasteiger partial charge >= 0.3 is 5.97 Å². The molecule has 0 radical (unpaired) electrons. The number of ether oxygens (including phenoxy) is 1. The van der Waals surface area contributed by atoms with Gasteiger partial charge in [-0.05, 0) is 18.9 Å². The van der Waals surface area contributed by atoms with Crippen molar-refractivity contribution in [1.82, 2.24) is 0 Å². The summed E-state index contributed by atoms with van der Waals surface area (Å²) in [5, 5.41) is 18.6. The zero-order valence-electron chi connectivity index (χ0n) is 11.2. The Labute approximate surface area is 117 Å². The van der Waals surface area contributed by atoms with Crippen molar-refractivity contribution >= 4 is 5.97 Å². The molecule has 4 heteroatoms. The minimum Gasteiger partial charge on any atom is -0.508 e. The lowest BCUT2D eigenvalue weighted by atomic mass is 10.1. The average Bonchev–Trinajstić information content (AvgIpc) is 2.37. The minimum absolute atomic E-state index is 0.136. The molecule has 0 bridgehead atoms. The lowest BCUT2D eigenvalue weighted by molar-refractivity contribution is -0.134. The Bertz CT molecular complexity index is 582. The van der Waals surface area contributed by atoms with E-state index in [-0.39, 0.29) is 23.7 Å². The molecule has 0 heterocycles. The maximum absolute atomic E-state index is 11.7. The second-order valence-corrected chi connectivity index (χ2v) is 4.64. The Hall–Kier alpha value is -2.49. The Morgan fingerprint density at radius 2 is 1.65 bits per heavy atom. The number of hydrogen-bond donors (Lipinski definition) is 2. The van der Waals surface area contributed by atoms with Crippen LogP contribution >= 0.6 is 0 Å². The smallest absolute Gasteiger partial charge is 0.311 e. The van der Waals surface area contributed by atoms with Crippen LogP contribution in [0.3, 0.4) is 0 Å². The van der Waals surface area contributed by atoms with E-state index in [0.717, 1.165) is 5.56 Å². The number of aryl methyl sites for hydroxylation is 2. The predicted molar refractivity (Wildman–Crippen MR) is 74.9 cm³/mol. The number of rotatable bonds is 4. The van der Waals surface area contributed by atoms with Gasteiger partial charge in [0.2, 0.25) is 0 Å². The van der Waals surface area contributed by atoms with Gasteiger partial charge in [0, 0.05) is 24.6 Å². The summed E-state index contributed by atoms with van der Waals surface area (Å²) >= 11 is 0. The topological polar surface area (TPSA) is 66.8 Å². The molecule has 2 rings (SSSR count). The van der Waals surface area contributed by atoms with Crippen molar-refractivity contribution in [1.29, 1.82) is 0 Å². The number of phenolic OH excluding ortho intramolecular Hbond substituents is 2.